The maximum absolute atomic E-state index is 12.4. The molecule has 0 heterocycles. The van der Waals surface area contributed by atoms with E-state index in [-0.39, 0.29) is 12.3 Å². The molecule has 0 aromatic carbocycles. The highest BCUT2D eigenvalue weighted by molar-refractivity contribution is 7.85. The SMILES string of the molecule is CCC/C=C\CCCCCCCC(=O)NC(CS(=O)(=O)O)C(O)/C=C/CCCCCCCCCCCCCCCCCCC. The topological polar surface area (TPSA) is 104 Å². The minimum atomic E-state index is -4.34. The van der Waals surface area contributed by atoms with Crippen molar-refractivity contribution < 1.29 is 22.9 Å². The summed E-state index contributed by atoms with van der Waals surface area (Å²) in [5.74, 6) is -0.990. The summed E-state index contributed by atoms with van der Waals surface area (Å²) in [6.45, 7) is 4.44. The van der Waals surface area contributed by atoms with Gasteiger partial charge in [-0.1, -0.05) is 167 Å². The molecule has 0 aromatic rings. The van der Waals surface area contributed by atoms with E-state index in [1.807, 2.05) is 6.08 Å². The van der Waals surface area contributed by atoms with Crippen LogP contribution >= 0.6 is 0 Å². The van der Waals surface area contributed by atoms with Crippen LogP contribution in [0.2, 0.25) is 0 Å². The summed E-state index contributed by atoms with van der Waals surface area (Å²) in [5, 5.41) is 13.2. The van der Waals surface area contributed by atoms with Gasteiger partial charge in [0.25, 0.3) is 10.1 Å². The Kier molecular flexibility index (Phi) is 30.9. The molecule has 0 aromatic heterocycles. The number of nitrogens with one attached hydrogen (secondary N) is 1. The van der Waals surface area contributed by atoms with Gasteiger partial charge in [-0.05, 0) is 38.5 Å². The normalized spacial score (nSPS) is 13.6. The molecule has 0 fully saturated rings. The Morgan fingerprint density at radius 1 is 0.591 bits per heavy atom. The molecule has 1 amide bonds. The number of aliphatic hydroxyl groups excluding tert-OH is 1. The first-order chi connectivity index (χ1) is 21.3. The molecular weight excluding hydrogens is 570 g/mol. The minimum absolute atomic E-state index is 0.286. The highest BCUT2D eigenvalue weighted by Crippen LogP contribution is 2.15. The number of aliphatic hydroxyl groups is 1. The molecule has 260 valence electrons. The van der Waals surface area contributed by atoms with E-state index < -0.39 is 28.0 Å². The van der Waals surface area contributed by atoms with Crippen molar-refractivity contribution in [2.75, 3.05) is 5.75 Å². The van der Waals surface area contributed by atoms with E-state index in [1.165, 1.54) is 103 Å². The van der Waals surface area contributed by atoms with E-state index >= 15 is 0 Å². The Hall–Kier alpha value is -1.18. The summed E-state index contributed by atoms with van der Waals surface area (Å²) in [5.41, 5.74) is 0. The lowest BCUT2D eigenvalue weighted by molar-refractivity contribution is -0.122. The van der Waals surface area contributed by atoms with Crippen LogP contribution in [0.15, 0.2) is 24.3 Å². The zero-order chi connectivity index (χ0) is 32.6. The van der Waals surface area contributed by atoms with Gasteiger partial charge in [-0.2, -0.15) is 8.42 Å². The van der Waals surface area contributed by atoms with Crippen LogP contribution in [0.25, 0.3) is 0 Å². The Morgan fingerprint density at radius 3 is 1.45 bits per heavy atom. The molecule has 0 saturated heterocycles. The van der Waals surface area contributed by atoms with Gasteiger partial charge in [0, 0.05) is 6.42 Å². The Morgan fingerprint density at radius 2 is 1.00 bits per heavy atom. The minimum Gasteiger partial charge on any atom is -0.387 e. The highest BCUT2D eigenvalue weighted by atomic mass is 32.2. The van der Waals surface area contributed by atoms with Gasteiger partial charge < -0.3 is 10.4 Å². The molecule has 2 atom stereocenters. The van der Waals surface area contributed by atoms with Gasteiger partial charge in [0.2, 0.25) is 5.91 Å². The van der Waals surface area contributed by atoms with E-state index in [1.54, 1.807) is 6.08 Å². The van der Waals surface area contributed by atoms with E-state index in [2.05, 4.69) is 31.3 Å². The molecule has 0 spiro atoms. The van der Waals surface area contributed by atoms with Crippen molar-refractivity contribution in [2.45, 2.75) is 199 Å². The number of carbonyl (C=O) groups excluding carboxylic acids is 1. The molecule has 0 bridgehead atoms. The van der Waals surface area contributed by atoms with Crippen molar-refractivity contribution in [3.05, 3.63) is 24.3 Å². The lowest BCUT2D eigenvalue weighted by Gasteiger charge is -2.21. The van der Waals surface area contributed by atoms with E-state index in [4.69, 9.17) is 0 Å². The molecule has 0 aliphatic heterocycles. The fourth-order valence-corrected chi connectivity index (χ4v) is 6.30. The van der Waals surface area contributed by atoms with Gasteiger partial charge in [0.05, 0.1) is 17.9 Å². The van der Waals surface area contributed by atoms with Gasteiger partial charge in [-0.3, -0.25) is 9.35 Å². The first-order valence-corrected chi connectivity index (χ1v) is 20.1. The van der Waals surface area contributed by atoms with Crippen LogP contribution in [0.1, 0.15) is 187 Å². The second kappa shape index (κ2) is 31.8. The molecule has 2 unspecified atom stereocenters. The zero-order valence-corrected chi connectivity index (χ0v) is 29.6. The molecule has 0 aliphatic carbocycles. The fourth-order valence-electron chi connectivity index (χ4n) is 5.57. The average Bonchev–Trinajstić information content (AvgIpc) is 2.98. The molecule has 0 saturated carbocycles. The maximum atomic E-state index is 12.4. The van der Waals surface area contributed by atoms with Crippen LogP contribution in [-0.2, 0) is 14.9 Å². The second-order valence-corrected chi connectivity index (χ2v) is 14.4. The molecule has 0 rings (SSSR count). The predicted molar refractivity (Wildman–Crippen MR) is 189 cm³/mol. The third-order valence-corrected chi connectivity index (χ3v) is 9.13. The number of rotatable bonds is 33. The number of amides is 1. The van der Waals surface area contributed by atoms with Gasteiger partial charge in [-0.25, -0.2) is 0 Å². The first-order valence-electron chi connectivity index (χ1n) is 18.5. The number of hydrogen-bond donors (Lipinski definition) is 3. The van der Waals surface area contributed by atoms with Crippen LogP contribution in [-0.4, -0.2) is 41.9 Å². The summed E-state index contributed by atoms with van der Waals surface area (Å²) >= 11 is 0. The van der Waals surface area contributed by atoms with Crippen LogP contribution in [0.4, 0.5) is 0 Å². The van der Waals surface area contributed by atoms with Crippen molar-refractivity contribution in [3.63, 3.8) is 0 Å². The fraction of sp³-hybridized carbons (Fsp3) is 0.865. The Labute approximate surface area is 273 Å². The largest absolute Gasteiger partial charge is 0.387 e. The molecular formula is C37H71NO5S. The molecule has 0 radical (unpaired) electrons. The van der Waals surface area contributed by atoms with Crippen molar-refractivity contribution in [3.8, 4) is 0 Å². The van der Waals surface area contributed by atoms with Crippen LogP contribution in [0.5, 0.6) is 0 Å². The van der Waals surface area contributed by atoms with Crippen molar-refractivity contribution >= 4 is 16.0 Å². The second-order valence-electron chi connectivity index (χ2n) is 12.9. The molecule has 44 heavy (non-hydrogen) atoms. The van der Waals surface area contributed by atoms with Crippen molar-refractivity contribution in [2.24, 2.45) is 0 Å². The van der Waals surface area contributed by atoms with Gasteiger partial charge in [0.15, 0.2) is 0 Å². The summed E-state index contributed by atoms with van der Waals surface area (Å²) < 4.78 is 32.3. The molecule has 6 nitrogen and oxygen atoms in total. The van der Waals surface area contributed by atoms with Crippen molar-refractivity contribution in [1.29, 1.82) is 0 Å². The standard InChI is InChI=1S/C37H71NO5S/c1-3-5-7-9-11-13-15-16-17-18-19-20-21-22-23-24-26-28-30-32-36(39)35(34-44(41,42)43)38-37(40)33-31-29-27-25-14-12-10-8-6-4-2/h8,10,30,32,35-36,39H,3-7,9,11-29,31,33-34H2,1-2H3,(H,38,40)(H,41,42,43)/b10-8-,32-30+. The Balaban J connectivity index is 3.92. The highest BCUT2D eigenvalue weighted by Gasteiger charge is 2.24. The molecule has 7 heteroatoms. The lowest BCUT2D eigenvalue weighted by Crippen LogP contribution is -2.46. The quantitative estimate of drug-likeness (QED) is 0.0376. The molecule has 0 aliphatic rings. The van der Waals surface area contributed by atoms with Gasteiger partial charge in [-0.15, -0.1) is 0 Å². The van der Waals surface area contributed by atoms with E-state index in [0.717, 1.165) is 64.2 Å². The summed E-state index contributed by atoms with van der Waals surface area (Å²) in [6.07, 6.45) is 38.8. The van der Waals surface area contributed by atoms with Crippen LogP contribution in [0, 0.1) is 0 Å². The summed E-state index contributed by atoms with van der Waals surface area (Å²) in [4.78, 5) is 12.4. The van der Waals surface area contributed by atoms with E-state index in [9.17, 15) is 22.9 Å². The van der Waals surface area contributed by atoms with Crippen LogP contribution in [0.3, 0.4) is 0 Å². The summed E-state index contributed by atoms with van der Waals surface area (Å²) in [7, 11) is -4.34. The monoisotopic (exact) mass is 642 g/mol. The number of allylic oxidation sites excluding steroid dienone is 3. The van der Waals surface area contributed by atoms with Gasteiger partial charge in [0.1, 0.15) is 0 Å². The van der Waals surface area contributed by atoms with Crippen molar-refractivity contribution in [1.82, 2.24) is 5.32 Å². The molecule has 3 N–H and O–H groups in total. The van der Waals surface area contributed by atoms with Crippen LogP contribution < -0.4 is 5.32 Å². The van der Waals surface area contributed by atoms with Gasteiger partial charge >= 0.3 is 0 Å². The Bertz CT molecular complexity index is 796. The van der Waals surface area contributed by atoms with E-state index in [0.29, 0.717) is 0 Å². The number of unbranched alkanes of at least 4 members (excludes halogenated alkanes) is 23. The third kappa shape index (κ3) is 32.2. The number of carbonyl (C=O) groups is 1. The predicted octanol–water partition coefficient (Wildman–Crippen LogP) is 10.4. The lowest BCUT2D eigenvalue weighted by atomic mass is 10.0. The maximum Gasteiger partial charge on any atom is 0.267 e. The average molecular weight is 642 g/mol. The first kappa shape index (κ1) is 42.8. The summed E-state index contributed by atoms with van der Waals surface area (Å²) in [6, 6.07) is -1.06. The third-order valence-electron chi connectivity index (χ3n) is 8.35. The zero-order valence-electron chi connectivity index (χ0n) is 28.8. The number of hydrogen-bond acceptors (Lipinski definition) is 4. The smallest absolute Gasteiger partial charge is 0.267 e.